The quantitative estimate of drug-likeness (QED) is 0.909. The van der Waals surface area contributed by atoms with Crippen LogP contribution in [0.3, 0.4) is 0 Å². The van der Waals surface area contributed by atoms with E-state index in [9.17, 15) is 4.79 Å². The molecule has 2 amide bonds. The topological polar surface area (TPSA) is 85.6 Å². The van der Waals surface area contributed by atoms with Crippen LogP contribution in [0, 0.1) is 6.92 Å². The van der Waals surface area contributed by atoms with Crippen LogP contribution in [-0.4, -0.2) is 24.4 Å². The minimum absolute atomic E-state index is 0.194. The van der Waals surface area contributed by atoms with Crippen LogP contribution in [0.4, 0.5) is 10.6 Å². The van der Waals surface area contributed by atoms with Gasteiger partial charge in [-0.15, -0.1) is 0 Å². The molecule has 0 saturated heterocycles. The van der Waals surface area contributed by atoms with Crippen LogP contribution in [0.1, 0.15) is 30.7 Å². The SMILES string of the molecule is Cc1cc(NC(=O)N[C@@H](C)c2ccc3c(c2)OCCCO3)no1. The van der Waals surface area contributed by atoms with Gasteiger partial charge >= 0.3 is 6.03 Å². The fraction of sp³-hybridized carbons (Fsp3) is 0.375. The van der Waals surface area contributed by atoms with Crippen LogP contribution in [0.5, 0.6) is 11.5 Å². The number of anilines is 1. The minimum Gasteiger partial charge on any atom is -0.490 e. The molecular weight excluding hydrogens is 298 g/mol. The predicted molar refractivity (Wildman–Crippen MR) is 83.9 cm³/mol. The molecule has 1 aromatic carbocycles. The number of carbonyl (C=O) groups excluding carboxylic acids is 1. The number of urea groups is 1. The third-order valence-electron chi connectivity index (χ3n) is 3.49. The molecule has 1 aliphatic heterocycles. The fourth-order valence-corrected chi connectivity index (χ4v) is 2.31. The van der Waals surface area contributed by atoms with Gasteiger partial charge in [0.15, 0.2) is 17.3 Å². The Hall–Kier alpha value is -2.70. The van der Waals surface area contributed by atoms with Gasteiger partial charge in [-0.25, -0.2) is 4.79 Å². The Morgan fingerprint density at radius 3 is 2.74 bits per heavy atom. The Labute approximate surface area is 133 Å². The molecule has 0 unspecified atom stereocenters. The lowest BCUT2D eigenvalue weighted by Gasteiger charge is -2.16. The number of hydrogen-bond acceptors (Lipinski definition) is 5. The Bertz CT molecular complexity index is 698. The molecule has 0 spiro atoms. The molecule has 3 rings (SSSR count). The first kappa shape index (κ1) is 15.2. The van der Waals surface area contributed by atoms with Crippen molar-refractivity contribution in [1.82, 2.24) is 10.5 Å². The van der Waals surface area contributed by atoms with Crippen LogP contribution < -0.4 is 20.1 Å². The number of fused-ring (bicyclic) bond motifs is 1. The van der Waals surface area contributed by atoms with Crippen molar-refractivity contribution >= 4 is 11.8 Å². The molecule has 0 radical (unpaired) electrons. The lowest BCUT2D eigenvalue weighted by Crippen LogP contribution is -2.31. The molecule has 0 fully saturated rings. The van der Waals surface area contributed by atoms with Crippen molar-refractivity contribution in [2.75, 3.05) is 18.5 Å². The number of amides is 2. The highest BCUT2D eigenvalue weighted by Crippen LogP contribution is 2.32. The second-order valence-corrected chi connectivity index (χ2v) is 5.40. The maximum absolute atomic E-state index is 12.0. The zero-order valence-electron chi connectivity index (χ0n) is 13.1. The van der Waals surface area contributed by atoms with Gasteiger partial charge < -0.3 is 19.3 Å². The fourth-order valence-electron chi connectivity index (χ4n) is 2.31. The summed E-state index contributed by atoms with van der Waals surface area (Å²) in [6, 6.07) is 6.79. The van der Waals surface area contributed by atoms with Crippen molar-refractivity contribution in [1.29, 1.82) is 0 Å². The maximum Gasteiger partial charge on any atom is 0.320 e. The van der Waals surface area contributed by atoms with Gasteiger partial charge in [-0.2, -0.15) is 0 Å². The summed E-state index contributed by atoms with van der Waals surface area (Å²) in [5.74, 6) is 2.46. The number of aryl methyl sites for hydroxylation is 1. The van der Waals surface area contributed by atoms with E-state index in [1.54, 1.807) is 13.0 Å². The molecular formula is C16H19N3O4. The van der Waals surface area contributed by atoms with E-state index >= 15 is 0 Å². The average molecular weight is 317 g/mol. The molecule has 122 valence electrons. The molecule has 2 heterocycles. The molecule has 23 heavy (non-hydrogen) atoms. The van der Waals surface area contributed by atoms with E-state index in [2.05, 4.69) is 15.8 Å². The van der Waals surface area contributed by atoms with Gasteiger partial charge in [-0.3, -0.25) is 5.32 Å². The number of carbonyl (C=O) groups is 1. The first-order chi connectivity index (χ1) is 11.1. The smallest absolute Gasteiger partial charge is 0.320 e. The van der Waals surface area contributed by atoms with Gasteiger partial charge in [-0.05, 0) is 31.5 Å². The Kier molecular flexibility index (Phi) is 4.36. The third-order valence-corrected chi connectivity index (χ3v) is 3.49. The van der Waals surface area contributed by atoms with E-state index in [0.717, 1.165) is 17.7 Å². The van der Waals surface area contributed by atoms with Crippen molar-refractivity contribution < 1.29 is 18.8 Å². The average Bonchev–Trinajstić information content (AvgIpc) is 2.79. The normalized spacial score (nSPS) is 14.7. The Balaban J connectivity index is 1.64. The predicted octanol–water partition coefficient (Wildman–Crippen LogP) is 3.03. The highest BCUT2D eigenvalue weighted by atomic mass is 16.5. The summed E-state index contributed by atoms with van der Waals surface area (Å²) >= 11 is 0. The van der Waals surface area contributed by atoms with E-state index in [-0.39, 0.29) is 12.1 Å². The standard InChI is InChI=1S/C16H19N3O4/c1-10-8-15(19-23-10)18-16(20)17-11(2)12-4-5-13-14(9-12)22-7-3-6-21-13/h4-5,8-9,11H,3,6-7H2,1-2H3,(H2,17,18,19,20)/t11-/m0/s1. The van der Waals surface area contributed by atoms with Crippen LogP contribution in [-0.2, 0) is 0 Å². The van der Waals surface area contributed by atoms with E-state index in [4.69, 9.17) is 14.0 Å². The van der Waals surface area contributed by atoms with Crippen LogP contribution in [0.15, 0.2) is 28.8 Å². The van der Waals surface area contributed by atoms with Gasteiger partial charge in [0.05, 0.1) is 19.3 Å². The lowest BCUT2D eigenvalue weighted by molar-refractivity contribution is 0.249. The molecule has 2 N–H and O–H groups in total. The van der Waals surface area contributed by atoms with Crippen LogP contribution >= 0.6 is 0 Å². The number of rotatable bonds is 3. The molecule has 1 aromatic heterocycles. The molecule has 0 aliphatic carbocycles. The second-order valence-electron chi connectivity index (χ2n) is 5.40. The van der Waals surface area contributed by atoms with Crippen molar-refractivity contribution in [3.05, 3.63) is 35.6 Å². The highest BCUT2D eigenvalue weighted by molar-refractivity contribution is 5.88. The molecule has 0 saturated carbocycles. The van der Waals surface area contributed by atoms with Gasteiger partial charge in [0.2, 0.25) is 0 Å². The van der Waals surface area contributed by atoms with Crippen molar-refractivity contribution in [2.24, 2.45) is 0 Å². The highest BCUT2D eigenvalue weighted by Gasteiger charge is 2.15. The third kappa shape index (κ3) is 3.74. The lowest BCUT2D eigenvalue weighted by atomic mass is 10.1. The van der Waals surface area contributed by atoms with Crippen molar-refractivity contribution in [3.63, 3.8) is 0 Å². The number of ether oxygens (including phenoxy) is 2. The number of nitrogens with zero attached hydrogens (tertiary/aromatic N) is 1. The van der Waals surface area contributed by atoms with E-state index in [1.807, 2.05) is 25.1 Å². The van der Waals surface area contributed by atoms with Gasteiger partial charge in [0, 0.05) is 12.5 Å². The summed E-state index contributed by atoms with van der Waals surface area (Å²) in [4.78, 5) is 12.0. The second kappa shape index (κ2) is 6.60. The van der Waals surface area contributed by atoms with Crippen molar-refractivity contribution in [2.45, 2.75) is 26.3 Å². The van der Waals surface area contributed by atoms with E-state index in [1.165, 1.54) is 0 Å². The molecule has 0 bridgehead atoms. The van der Waals surface area contributed by atoms with E-state index < -0.39 is 0 Å². The number of hydrogen-bond donors (Lipinski definition) is 2. The molecule has 2 aromatic rings. The Morgan fingerprint density at radius 2 is 2.00 bits per heavy atom. The maximum atomic E-state index is 12.0. The van der Waals surface area contributed by atoms with Crippen molar-refractivity contribution in [3.8, 4) is 11.5 Å². The molecule has 7 heteroatoms. The van der Waals surface area contributed by atoms with Crippen LogP contribution in [0.25, 0.3) is 0 Å². The largest absolute Gasteiger partial charge is 0.490 e. The summed E-state index contributed by atoms with van der Waals surface area (Å²) < 4.78 is 16.2. The zero-order chi connectivity index (χ0) is 16.2. The number of nitrogens with one attached hydrogen (secondary N) is 2. The van der Waals surface area contributed by atoms with Crippen LogP contribution in [0.2, 0.25) is 0 Å². The summed E-state index contributed by atoms with van der Waals surface area (Å²) in [5.41, 5.74) is 0.931. The Morgan fingerprint density at radius 1 is 1.22 bits per heavy atom. The first-order valence-electron chi connectivity index (χ1n) is 7.52. The first-order valence-corrected chi connectivity index (χ1v) is 7.52. The molecule has 7 nitrogen and oxygen atoms in total. The van der Waals surface area contributed by atoms with E-state index in [0.29, 0.717) is 30.5 Å². The minimum atomic E-state index is -0.349. The molecule has 1 aliphatic rings. The monoisotopic (exact) mass is 317 g/mol. The van der Waals surface area contributed by atoms with Gasteiger partial charge in [0.1, 0.15) is 5.76 Å². The summed E-state index contributed by atoms with van der Waals surface area (Å²) in [5, 5.41) is 9.19. The number of aromatic nitrogens is 1. The summed E-state index contributed by atoms with van der Waals surface area (Å²) in [7, 11) is 0. The number of benzene rings is 1. The van der Waals surface area contributed by atoms with Gasteiger partial charge in [-0.1, -0.05) is 11.2 Å². The summed E-state index contributed by atoms with van der Waals surface area (Å²) in [6.07, 6.45) is 0.858. The zero-order valence-corrected chi connectivity index (χ0v) is 13.1. The van der Waals surface area contributed by atoms with Gasteiger partial charge in [0.25, 0.3) is 0 Å². The molecule has 1 atom stereocenters. The summed E-state index contributed by atoms with van der Waals surface area (Å²) in [6.45, 7) is 4.94.